The van der Waals surface area contributed by atoms with Gasteiger partial charge in [-0.3, -0.25) is 9.47 Å². The Kier molecular flexibility index (Phi) is 2.78. The maximum atomic E-state index is 12.9. The number of halogens is 2. The summed E-state index contributed by atoms with van der Waals surface area (Å²) >= 11 is 0. The fourth-order valence-corrected chi connectivity index (χ4v) is 1.41. The van der Waals surface area contributed by atoms with E-state index >= 15 is 0 Å². The number of nitrogens with two attached hydrogens (primary N) is 1. The van der Waals surface area contributed by atoms with Crippen LogP contribution in [0, 0.1) is 11.6 Å². The molecular formula is C11H9F2N3O. The van der Waals surface area contributed by atoms with Crippen molar-refractivity contribution in [3.8, 4) is 0 Å². The molecule has 1 aromatic heterocycles. The molecule has 0 aliphatic heterocycles. The van der Waals surface area contributed by atoms with Gasteiger partial charge in [-0.2, -0.15) is 0 Å². The molecule has 4 nitrogen and oxygen atoms in total. The summed E-state index contributed by atoms with van der Waals surface area (Å²) in [5, 5.41) is 2.35. The van der Waals surface area contributed by atoms with Gasteiger partial charge < -0.3 is 11.2 Å². The van der Waals surface area contributed by atoms with Crippen LogP contribution in [-0.4, -0.2) is 10.6 Å². The highest BCUT2D eigenvalue weighted by Gasteiger charge is 2.10. The fraction of sp³-hybridized carbons (Fsp3) is 0. The van der Waals surface area contributed by atoms with Crippen molar-refractivity contribution >= 4 is 11.6 Å². The summed E-state index contributed by atoms with van der Waals surface area (Å²) in [4.78, 5) is 11.7. The number of hydrogen-bond donors (Lipinski definition) is 2. The number of nitrogens with zero attached hydrogens (tertiary/aromatic N) is 1. The monoisotopic (exact) mass is 237 g/mol. The van der Waals surface area contributed by atoms with Crippen LogP contribution in [0.3, 0.4) is 0 Å². The van der Waals surface area contributed by atoms with Gasteiger partial charge in [0.05, 0.1) is 0 Å². The number of rotatable bonds is 2. The Labute approximate surface area is 95.6 Å². The minimum absolute atomic E-state index is 0.0358. The lowest BCUT2D eigenvalue weighted by Gasteiger charge is -2.06. The van der Waals surface area contributed by atoms with Gasteiger partial charge in [0.15, 0.2) is 0 Å². The Balaban J connectivity index is 2.21. The minimum atomic E-state index is -0.761. The summed E-state index contributed by atoms with van der Waals surface area (Å²) in [7, 11) is 0. The van der Waals surface area contributed by atoms with E-state index in [1.165, 1.54) is 12.3 Å². The molecule has 17 heavy (non-hydrogen) atoms. The summed E-state index contributed by atoms with van der Waals surface area (Å²) in [6.07, 6.45) is 1.49. The molecule has 0 unspecified atom stereocenters. The smallest absolute Gasteiger partial charge is 0.274 e. The molecule has 6 heteroatoms. The van der Waals surface area contributed by atoms with Crippen molar-refractivity contribution in [1.82, 2.24) is 4.68 Å². The zero-order valence-corrected chi connectivity index (χ0v) is 8.65. The third-order valence-corrected chi connectivity index (χ3v) is 2.13. The molecule has 2 rings (SSSR count). The van der Waals surface area contributed by atoms with E-state index in [1.54, 1.807) is 6.07 Å². The Morgan fingerprint density at radius 3 is 2.41 bits per heavy atom. The van der Waals surface area contributed by atoms with Crippen molar-refractivity contribution in [2.45, 2.75) is 0 Å². The highest BCUT2D eigenvalue weighted by Crippen LogP contribution is 2.14. The highest BCUT2D eigenvalue weighted by molar-refractivity contribution is 6.03. The zero-order chi connectivity index (χ0) is 12.4. The van der Waals surface area contributed by atoms with Crippen molar-refractivity contribution in [2.75, 3.05) is 11.2 Å². The maximum Gasteiger partial charge on any atom is 0.274 e. The average molecular weight is 237 g/mol. The molecule has 0 fully saturated rings. The number of hydrogen-bond acceptors (Lipinski definition) is 2. The van der Waals surface area contributed by atoms with Crippen LogP contribution >= 0.6 is 0 Å². The highest BCUT2D eigenvalue weighted by atomic mass is 19.1. The van der Waals surface area contributed by atoms with E-state index in [0.29, 0.717) is 0 Å². The Morgan fingerprint density at radius 2 is 1.88 bits per heavy atom. The van der Waals surface area contributed by atoms with Crippen LogP contribution in [0.25, 0.3) is 0 Å². The second-order valence-corrected chi connectivity index (χ2v) is 3.41. The lowest BCUT2D eigenvalue weighted by Crippen LogP contribution is -2.20. The summed E-state index contributed by atoms with van der Waals surface area (Å²) < 4.78 is 26.9. The van der Waals surface area contributed by atoms with E-state index in [4.69, 9.17) is 5.84 Å². The minimum Gasteiger partial charge on any atom is -0.339 e. The first-order chi connectivity index (χ1) is 8.06. The predicted molar refractivity (Wildman–Crippen MR) is 58.9 cm³/mol. The molecule has 0 bridgehead atoms. The van der Waals surface area contributed by atoms with Crippen molar-refractivity contribution in [1.29, 1.82) is 0 Å². The van der Waals surface area contributed by atoms with Crippen molar-refractivity contribution in [3.05, 3.63) is 53.9 Å². The molecule has 1 aromatic carbocycles. The standard InChI is InChI=1S/C11H9F2N3O/c12-7-4-8(13)6-9(5-7)15-11(17)10-2-1-3-16(10)14/h1-6H,14H2,(H,15,17). The number of benzene rings is 1. The van der Waals surface area contributed by atoms with Gasteiger partial charge in [-0.25, -0.2) is 8.78 Å². The van der Waals surface area contributed by atoms with Crippen molar-refractivity contribution < 1.29 is 13.6 Å². The molecular weight excluding hydrogens is 228 g/mol. The molecule has 0 aliphatic rings. The lowest BCUT2D eigenvalue weighted by molar-refractivity contribution is 0.102. The molecule has 0 radical (unpaired) electrons. The van der Waals surface area contributed by atoms with E-state index in [0.717, 1.165) is 22.9 Å². The largest absolute Gasteiger partial charge is 0.339 e. The molecule has 88 valence electrons. The Morgan fingerprint density at radius 1 is 1.24 bits per heavy atom. The normalized spacial score (nSPS) is 10.2. The first-order valence-corrected chi connectivity index (χ1v) is 4.76. The molecule has 2 aromatic rings. The summed E-state index contributed by atoms with van der Waals surface area (Å²) in [6.45, 7) is 0. The van der Waals surface area contributed by atoms with Crippen LogP contribution in [0.2, 0.25) is 0 Å². The number of nitrogens with one attached hydrogen (secondary N) is 1. The van der Waals surface area contributed by atoms with Gasteiger partial charge in [0.2, 0.25) is 0 Å². The van der Waals surface area contributed by atoms with Gasteiger partial charge in [0.25, 0.3) is 5.91 Å². The molecule has 0 atom stereocenters. The van der Waals surface area contributed by atoms with Crippen molar-refractivity contribution in [2.24, 2.45) is 0 Å². The predicted octanol–water partition coefficient (Wildman–Crippen LogP) is 1.73. The van der Waals surface area contributed by atoms with Gasteiger partial charge in [0.1, 0.15) is 17.3 Å². The van der Waals surface area contributed by atoms with Crippen LogP contribution in [0.4, 0.5) is 14.5 Å². The third-order valence-electron chi connectivity index (χ3n) is 2.13. The maximum absolute atomic E-state index is 12.9. The van der Waals surface area contributed by atoms with Gasteiger partial charge in [-0.05, 0) is 24.3 Å². The van der Waals surface area contributed by atoms with Crippen LogP contribution in [-0.2, 0) is 0 Å². The fourth-order valence-electron chi connectivity index (χ4n) is 1.41. The number of amides is 1. The zero-order valence-electron chi connectivity index (χ0n) is 8.65. The lowest BCUT2D eigenvalue weighted by atomic mass is 10.3. The summed E-state index contributed by atoms with van der Waals surface area (Å²) in [5.74, 6) is 3.40. The number of carbonyl (C=O) groups is 1. The SMILES string of the molecule is Nn1cccc1C(=O)Nc1cc(F)cc(F)c1. The van der Waals surface area contributed by atoms with Gasteiger partial charge in [-0.1, -0.05) is 0 Å². The van der Waals surface area contributed by atoms with E-state index in [2.05, 4.69) is 5.32 Å². The van der Waals surface area contributed by atoms with Gasteiger partial charge in [-0.15, -0.1) is 0 Å². The molecule has 1 heterocycles. The molecule has 3 N–H and O–H groups in total. The average Bonchev–Trinajstić information content (AvgIpc) is 2.62. The Hall–Kier alpha value is -2.37. The quantitative estimate of drug-likeness (QED) is 0.781. The van der Waals surface area contributed by atoms with Gasteiger partial charge in [0, 0.05) is 18.0 Å². The van der Waals surface area contributed by atoms with E-state index in [1.807, 2.05) is 0 Å². The second kappa shape index (κ2) is 4.25. The number of nitrogen functional groups attached to an aromatic ring is 1. The number of carbonyl (C=O) groups excluding carboxylic acids is 1. The van der Waals surface area contributed by atoms with Crippen LogP contribution in [0.15, 0.2) is 36.5 Å². The van der Waals surface area contributed by atoms with E-state index < -0.39 is 17.5 Å². The summed E-state index contributed by atoms with van der Waals surface area (Å²) in [5.41, 5.74) is 0.225. The third kappa shape index (κ3) is 2.41. The number of aromatic nitrogens is 1. The van der Waals surface area contributed by atoms with E-state index in [-0.39, 0.29) is 11.4 Å². The first kappa shape index (κ1) is 11.1. The van der Waals surface area contributed by atoms with Crippen molar-refractivity contribution in [3.63, 3.8) is 0 Å². The molecule has 0 spiro atoms. The molecule has 1 amide bonds. The molecule has 0 saturated carbocycles. The van der Waals surface area contributed by atoms with Crippen LogP contribution in [0.1, 0.15) is 10.5 Å². The first-order valence-electron chi connectivity index (χ1n) is 4.76. The van der Waals surface area contributed by atoms with Crippen LogP contribution < -0.4 is 11.2 Å². The second-order valence-electron chi connectivity index (χ2n) is 3.41. The summed E-state index contributed by atoms with van der Waals surface area (Å²) in [6, 6.07) is 5.84. The Bertz CT molecular complexity index is 545. The molecule has 0 saturated heterocycles. The topological polar surface area (TPSA) is 60.0 Å². The van der Waals surface area contributed by atoms with E-state index in [9.17, 15) is 13.6 Å². The number of anilines is 1. The van der Waals surface area contributed by atoms with Gasteiger partial charge >= 0.3 is 0 Å². The van der Waals surface area contributed by atoms with Crippen LogP contribution in [0.5, 0.6) is 0 Å². The molecule has 0 aliphatic carbocycles.